The largest absolute Gasteiger partial charge is 0.339 e. The molecule has 2 fully saturated rings. The van der Waals surface area contributed by atoms with E-state index in [0.29, 0.717) is 37.8 Å². The molecule has 0 radical (unpaired) electrons. The first kappa shape index (κ1) is 15.1. The van der Waals surface area contributed by atoms with Gasteiger partial charge in [0.05, 0.1) is 0 Å². The Balaban J connectivity index is 1.58. The van der Waals surface area contributed by atoms with Crippen LogP contribution in [0.5, 0.6) is 0 Å². The molecule has 6 heteroatoms. The van der Waals surface area contributed by atoms with Gasteiger partial charge in [0.15, 0.2) is 0 Å². The van der Waals surface area contributed by atoms with Crippen molar-refractivity contribution in [1.82, 2.24) is 20.0 Å². The third-order valence-corrected chi connectivity index (χ3v) is 4.33. The molecule has 120 valence electrons. The van der Waals surface area contributed by atoms with Gasteiger partial charge in [-0.2, -0.15) is 5.10 Å². The highest BCUT2D eigenvalue weighted by molar-refractivity contribution is 5.92. The van der Waals surface area contributed by atoms with Crippen molar-refractivity contribution in [2.24, 2.45) is 5.41 Å². The van der Waals surface area contributed by atoms with Crippen LogP contribution in [-0.2, 0) is 4.79 Å². The molecule has 1 aliphatic carbocycles. The molecule has 1 saturated heterocycles. The highest BCUT2D eigenvalue weighted by Crippen LogP contribution is 2.39. The molecule has 1 saturated carbocycles. The lowest BCUT2D eigenvalue weighted by atomic mass is 9.94. The Morgan fingerprint density at radius 2 is 1.73 bits per heavy atom. The zero-order chi connectivity index (χ0) is 15.9. The normalized spacial score (nSPS) is 19.4. The van der Waals surface area contributed by atoms with Gasteiger partial charge in [0, 0.05) is 43.2 Å². The number of aromatic nitrogens is 2. The van der Waals surface area contributed by atoms with Crippen LogP contribution < -0.4 is 0 Å². The van der Waals surface area contributed by atoms with Crippen molar-refractivity contribution in [3.05, 3.63) is 17.5 Å². The summed E-state index contributed by atoms with van der Waals surface area (Å²) >= 11 is 0. The Kier molecular flexibility index (Phi) is 3.70. The van der Waals surface area contributed by atoms with E-state index in [1.54, 1.807) is 4.90 Å². The molecular weight excluding hydrogens is 280 g/mol. The van der Waals surface area contributed by atoms with E-state index in [4.69, 9.17) is 0 Å². The second-order valence-corrected chi connectivity index (χ2v) is 7.32. The number of amides is 2. The number of carbonyl (C=O) groups excluding carboxylic acids is 2. The summed E-state index contributed by atoms with van der Waals surface area (Å²) in [7, 11) is 0. The molecule has 1 N–H and O–H groups in total. The van der Waals surface area contributed by atoms with E-state index >= 15 is 0 Å². The third kappa shape index (κ3) is 3.00. The van der Waals surface area contributed by atoms with Crippen LogP contribution in [0.25, 0.3) is 0 Å². The standard InChI is InChI=1S/C16H24N4O2/c1-16(2,3)15(22)20-8-6-19(7-9-20)14(21)13-10-12(17-18-13)11-4-5-11/h10-11H,4-9H2,1-3H3,(H,17,18). The van der Waals surface area contributed by atoms with E-state index in [9.17, 15) is 9.59 Å². The fourth-order valence-electron chi connectivity index (χ4n) is 2.80. The zero-order valence-corrected chi connectivity index (χ0v) is 13.6. The predicted octanol–water partition coefficient (Wildman–Crippen LogP) is 1.62. The van der Waals surface area contributed by atoms with Gasteiger partial charge in [-0.3, -0.25) is 14.7 Å². The molecule has 0 spiro atoms. The SMILES string of the molecule is CC(C)(C)C(=O)N1CCN(C(=O)c2cc(C3CC3)[nH]n2)CC1. The van der Waals surface area contributed by atoms with E-state index in [1.807, 2.05) is 31.7 Å². The van der Waals surface area contributed by atoms with Crippen LogP contribution in [0.2, 0.25) is 0 Å². The summed E-state index contributed by atoms with van der Waals surface area (Å²) < 4.78 is 0. The number of piperazine rings is 1. The van der Waals surface area contributed by atoms with Crippen molar-refractivity contribution in [2.75, 3.05) is 26.2 Å². The number of hydrogen-bond acceptors (Lipinski definition) is 3. The number of rotatable bonds is 2. The van der Waals surface area contributed by atoms with Crippen molar-refractivity contribution in [3.8, 4) is 0 Å². The Morgan fingerprint density at radius 1 is 1.14 bits per heavy atom. The van der Waals surface area contributed by atoms with Gasteiger partial charge in [-0.15, -0.1) is 0 Å². The molecule has 2 amide bonds. The van der Waals surface area contributed by atoms with Crippen LogP contribution in [0.3, 0.4) is 0 Å². The Hall–Kier alpha value is -1.85. The van der Waals surface area contributed by atoms with E-state index < -0.39 is 0 Å². The first-order valence-electron chi connectivity index (χ1n) is 8.00. The van der Waals surface area contributed by atoms with E-state index in [1.165, 1.54) is 12.8 Å². The Morgan fingerprint density at radius 3 is 2.27 bits per heavy atom. The summed E-state index contributed by atoms with van der Waals surface area (Å²) in [5.74, 6) is 0.678. The molecule has 1 aromatic rings. The van der Waals surface area contributed by atoms with Gasteiger partial charge in [-0.1, -0.05) is 20.8 Å². The van der Waals surface area contributed by atoms with Crippen LogP contribution in [0.15, 0.2) is 6.07 Å². The first-order chi connectivity index (χ1) is 10.4. The van der Waals surface area contributed by atoms with Crippen molar-refractivity contribution in [3.63, 3.8) is 0 Å². The maximum atomic E-state index is 12.5. The second-order valence-electron chi connectivity index (χ2n) is 7.32. The molecule has 3 rings (SSSR count). The van der Waals surface area contributed by atoms with Gasteiger partial charge in [-0.05, 0) is 18.9 Å². The average molecular weight is 304 g/mol. The minimum atomic E-state index is -0.368. The number of hydrogen-bond donors (Lipinski definition) is 1. The summed E-state index contributed by atoms with van der Waals surface area (Å²) in [5, 5.41) is 7.12. The van der Waals surface area contributed by atoms with Crippen LogP contribution in [0.4, 0.5) is 0 Å². The van der Waals surface area contributed by atoms with E-state index in [2.05, 4.69) is 10.2 Å². The lowest BCUT2D eigenvalue weighted by molar-refractivity contribution is -0.140. The maximum absolute atomic E-state index is 12.5. The van der Waals surface area contributed by atoms with Crippen molar-refractivity contribution >= 4 is 11.8 Å². The molecule has 2 heterocycles. The number of carbonyl (C=O) groups is 2. The minimum Gasteiger partial charge on any atom is -0.339 e. The van der Waals surface area contributed by atoms with Crippen LogP contribution in [0, 0.1) is 5.41 Å². The van der Waals surface area contributed by atoms with E-state index in [-0.39, 0.29) is 17.2 Å². The van der Waals surface area contributed by atoms with Crippen molar-refractivity contribution in [1.29, 1.82) is 0 Å². The smallest absolute Gasteiger partial charge is 0.274 e. The van der Waals surface area contributed by atoms with Gasteiger partial charge < -0.3 is 9.80 Å². The fraction of sp³-hybridized carbons (Fsp3) is 0.688. The lowest BCUT2D eigenvalue weighted by Gasteiger charge is -2.37. The molecule has 6 nitrogen and oxygen atoms in total. The zero-order valence-electron chi connectivity index (χ0n) is 13.6. The van der Waals surface area contributed by atoms with Gasteiger partial charge in [0.1, 0.15) is 5.69 Å². The van der Waals surface area contributed by atoms with Crippen molar-refractivity contribution < 1.29 is 9.59 Å². The predicted molar refractivity (Wildman–Crippen MR) is 82.5 cm³/mol. The quantitative estimate of drug-likeness (QED) is 0.902. The lowest BCUT2D eigenvalue weighted by Crippen LogP contribution is -2.53. The average Bonchev–Trinajstić information content (AvgIpc) is 3.22. The molecule has 1 aliphatic heterocycles. The second kappa shape index (κ2) is 5.41. The highest BCUT2D eigenvalue weighted by atomic mass is 16.2. The molecule has 0 bridgehead atoms. The van der Waals surface area contributed by atoms with E-state index in [0.717, 1.165) is 5.69 Å². The van der Waals surface area contributed by atoms with Crippen LogP contribution in [0.1, 0.15) is 55.7 Å². The first-order valence-corrected chi connectivity index (χ1v) is 8.00. The summed E-state index contributed by atoms with van der Waals surface area (Å²) in [6.45, 7) is 8.13. The highest BCUT2D eigenvalue weighted by Gasteiger charge is 2.32. The molecule has 1 aromatic heterocycles. The maximum Gasteiger partial charge on any atom is 0.274 e. The third-order valence-electron chi connectivity index (χ3n) is 4.33. The summed E-state index contributed by atoms with van der Waals surface area (Å²) in [6, 6.07) is 1.88. The Bertz CT molecular complexity index is 575. The number of nitrogens with one attached hydrogen (secondary N) is 1. The summed E-state index contributed by atoms with van der Waals surface area (Å²) in [4.78, 5) is 28.4. The summed E-state index contributed by atoms with van der Waals surface area (Å²) in [5.41, 5.74) is 1.20. The van der Waals surface area contributed by atoms with Crippen LogP contribution in [-0.4, -0.2) is 58.0 Å². The van der Waals surface area contributed by atoms with Gasteiger partial charge in [0.2, 0.25) is 5.91 Å². The monoisotopic (exact) mass is 304 g/mol. The molecule has 22 heavy (non-hydrogen) atoms. The van der Waals surface area contributed by atoms with Crippen molar-refractivity contribution in [2.45, 2.75) is 39.5 Å². The number of H-pyrrole nitrogens is 1. The molecule has 0 unspecified atom stereocenters. The number of nitrogens with zero attached hydrogens (tertiary/aromatic N) is 3. The fourth-order valence-corrected chi connectivity index (χ4v) is 2.80. The minimum absolute atomic E-state index is 0.0361. The molecule has 2 aliphatic rings. The summed E-state index contributed by atoms with van der Waals surface area (Å²) in [6.07, 6.45) is 2.37. The molecule has 0 aromatic carbocycles. The molecular formula is C16H24N4O2. The van der Waals surface area contributed by atoms with Crippen LogP contribution >= 0.6 is 0 Å². The molecule has 0 atom stereocenters. The topological polar surface area (TPSA) is 69.3 Å². The van der Waals surface area contributed by atoms with Gasteiger partial charge >= 0.3 is 0 Å². The Labute approximate surface area is 130 Å². The van der Waals surface area contributed by atoms with Gasteiger partial charge in [-0.25, -0.2) is 0 Å². The number of aromatic amines is 1. The van der Waals surface area contributed by atoms with Gasteiger partial charge in [0.25, 0.3) is 5.91 Å².